The number of rotatable bonds is 5. The molecule has 0 unspecified atom stereocenters. The van der Waals surface area contributed by atoms with Crippen molar-refractivity contribution in [1.82, 2.24) is 19.4 Å². The fourth-order valence-electron chi connectivity index (χ4n) is 1.55. The van der Waals surface area contributed by atoms with E-state index in [1.807, 2.05) is 0 Å². The van der Waals surface area contributed by atoms with Gasteiger partial charge in [0.25, 0.3) is 0 Å². The molecule has 0 aliphatic heterocycles. The van der Waals surface area contributed by atoms with Crippen molar-refractivity contribution in [2.75, 3.05) is 28.2 Å². The van der Waals surface area contributed by atoms with Gasteiger partial charge in [-0.3, -0.25) is 0 Å². The average Bonchev–Trinajstić information content (AvgIpc) is 2.78. The van der Waals surface area contributed by atoms with E-state index in [9.17, 15) is 19.7 Å². The number of carbonyl (C=O) groups is 2. The maximum absolute atomic E-state index is 11.5. The number of nitro groups is 1. The van der Waals surface area contributed by atoms with E-state index in [1.54, 1.807) is 0 Å². The topological polar surface area (TPSA) is 120 Å². The van der Waals surface area contributed by atoms with Gasteiger partial charge in [0, 0.05) is 28.2 Å². The third kappa shape index (κ3) is 4.56. The van der Waals surface area contributed by atoms with Gasteiger partial charge in [0.2, 0.25) is 0 Å². The molecule has 0 N–H and O–H groups in total. The van der Waals surface area contributed by atoms with E-state index in [0.29, 0.717) is 0 Å². The quantitative estimate of drug-likeness (QED) is 0.576. The molecule has 0 spiro atoms. The summed E-state index contributed by atoms with van der Waals surface area (Å²) in [4.78, 5) is 39.5. The normalized spacial score (nSPS) is 10.1. The summed E-state index contributed by atoms with van der Waals surface area (Å²) in [5.74, 6) is -0.434. The molecular weight excluding hydrogens is 310 g/mol. The van der Waals surface area contributed by atoms with Gasteiger partial charge in [-0.25, -0.2) is 14.2 Å². The lowest BCUT2D eigenvalue weighted by molar-refractivity contribution is -0.396. The van der Waals surface area contributed by atoms with Crippen LogP contribution in [0.5, 0.6) is 0 Å². The summed E-state index contributed by atoms with van der Waals surface area (Å²) in [6, 6.07) is 0. The van der Waals surface area contributed by atoms with Crippen LogP contribution < -0.4 is 0 Å². The van der Waals surface area contributed by atoms with Gasteiger partial charge in [0.05, 0.1) is 7.05 Å². The molecule has 2 amide bonds. The minimum atomic E-state index is -0.672. The summed E-state index contributed by atoms with van der Waals surface area (Å²) in [6.45, 7) is -0.503. The van der Waals surface area contributed by atoms with Crippen molar-refractivity contribution < 1.29 is 24.0 Å². The van der Waals surface area contributed by atoms with Crippen molar-refractivity contribution in [3.8, 4) is 0 Å². The summed E-state index contributed by atoms with van der Waals surface area (Å²) in [5, 5.41) is 11.0. The van der Waals surface area contributed by atoms with Crippen LogP contribution in [0.4, 0.5) is 15.5 Å². The fraction of sp³-hybridized carbons (Fsp3) is 0.583. The van der Waals surface area contributed by atoms with Crippen molar-refractivity contribution in [2.45, 2.75) is 13.2 Å². The second-order valence-corrected chi connectivity index (χ2v) is 5.02. The Morgan fingerprint density at radius 3 is 2.04 bits per heavy atom. The molecule has 1 heterocycles. The first-order valence-electron chi connectivity index (χ1n) is 6.52. The van der Waals surface area contributed by atoms with Gasteiger partial charge in [0.15, 0.2) is 24.6 Å². The maximum Gasteiger partial charge on any atom is 0.435 e. The van der Waals surface area contributed by atoms with Crippen LogP contribution in [0.3, 0.4) is 0 Å². The van der Waals surface area contributed by atoms with Crippen LogP contribution in [0.1, 0.15) is 11.4 Å². The van der Waals surface area contributed by atoms with Gasteiger partial charge in [-0.1, -0.05) is 4.98 Å². The molecule has 0 saturated heterocycles. The molecule has 0 aliphatic rings. The van der Waals surface area contributed by atoms with Gasteiger partial charge >= 0.3 is 18.1 Å². The van der Waals surface area contributed by atoms with E-state index in [1.165, 1.54) is 49.6 Å². The van der Waals surface area contributed by atoms with E-state index in [0.717, 1.165) is 0 Å². The van der Waals surface area contributed by atoms with Crippen molar-refractivity contribution in [3.63, 3.8) is 0 Å². The monoisotopic (exact) mass is 329 g/mol. The molecule has 128 valence electrons. The van der Waals surface area contributed by atoms with Gasteiger partial charge < -0.3 is 29.4 Å². The molecule has 0 fully saturated rings. The van der Waals surface area contributed by atoms with Gasteiger partial charge in [0.1, 0.15) is 0 Å². The van der Waals surface area contributed by atoms with Crippen LogP contribution in [-0.2, 0) is 29.7 Å². The second kappa shape index (κ2) is 7.42. The number of aromatic nitrogens is 2. The Labute approximate surface area is 132 Å². The summed E-state index contributed by atoms with van der Waals surface area (Å²) < 4.78 is 11.2. The van der Waals surface area contributed by atoms with Gasteiger partial charge in [-0.05, 0) is 4.92 Å². The molecule has 0 bridgehead atoms. The molecule has 0 aromatic carbocycles. The minimum Gasteiger partial charge on any atom is -0.441 e. The first kappa shape index (κ1) is 18.2. The Bertz CT molecular complexity index is 609. The standard InChI is InChI=1S/C12H19N5O6/c1-14(2)11(18)22-6-8-9(7-23-12(19)15(3)4)16(5)10(13-8)17(20)21/h6-7H2,1-5H3. The lowest BCUT2D eigenvalue weighted by Crippen LogP contribution is -2.24. The highest BCUT2D eigenvalue weighted by Gasteiger charge is 2.27. The molecule has 0 saturated carbocycles. The zero-order valence-corrected chi connectivity index (χ0v) is 13.6. The van der Waals surface area contributed by atoms with Crippen LogP contribution in [0, 0.1) is 10.1 Å². The van der Waals surface area contributed by atoms with Crippen LogP contribution >= 0.6 is 0 Å². The summed E-state index contributed by atoms with van der Waals surface area (Å²) in [7, 11) is 7.44. The fourth-order valence-corrected chi connectivity index (χ4v) is 1.55. The lowest BCUT2D eigenvalue weighted by Gasteiger charge is -2.11. The first-order chi connectivity index (χ1) is 10.6. The van der Waals surface area contributed by atoms with Gasteiger partial charge in [-0.15, -0.1) is 0 Å². The van der Waals surface area contributed by atoms with Crippen LogP contribution in [0.15, 0.2) is 0 Å². The number of ether oxygens (including phenoxy) is 2. The van der Waals surface area contributed by atoms with Crippen LogP contribution in [0.2, 0.25) is 0 Å². The predicted octanol–water partition coefficient (Wildman–Crippen LogP) is 0.725. The van der Waals surface area contributed by atoms with Crippen molar-refractivity contribution in [2.24, 2.45) is 7.05 Å². The molecular formula is C12H19N5O6. The predicted molar refractivity (Wildman–Crippen MR) is 77.6 cm³/mol. The third-order valence-corrected chi connectivity index (χ3v) is 2.83. The Balaban J connectivity index is 2.98. The molecule has 0 aliphatic carbocycles. The second-order valence-electron chi connectivity index (χ2n) is 5.02. The Morgan fingerprint density at radius 2 is 1.61 bits per heavy atom. The molecule has 23 heavy (non-hydrogen) atoms. The van der Waals surface area contributed by atoms with Crippen LogP contribution in [0.25, 0.3) is 0 Å². The molecule has 1 aromatic heterocycles. The molecule has 1 rings (SSSR count). The van der Waals surface area contributed by atoms with E-state index in [4.69, 9.17) is 9.47 Å². The largest absolute Gasteiger partial charge is 0.441 e. The minimum absolute atomic E-state index is 0.154. The van der Waals surface area contributed by atoms with Gasteiger partial charge in [-0.2, -0.15) is 0 Å². The van der Waals surface area contributed by atoms with Crippen LogP contribution in [-0.4, -0.2) is 64.7 Å². The number of carbonyl (C=O) groups excluding carboxylic acids is 2. The van der Waals surface area contributed by atoms with Crippen molar-refractivity contribution >= 4 is 18.1 Å². The summed E-state index contributed by atoms with van der Waals surface area (Å²) in [5.41, 5.74) is 0.430. The first-order valence-corrected chi connectivity index (χ1v) is 6.52. The molecule has 11 heteroatoms. The third-order valence-electron chi connectivity index (χ3n) is 2.83. The highest BCUT2D eigenvalue weighted by Crippen LogP contribution is 2.19. The number of hydrogen-bond donors (Lipinski definition) is 0. The Morgan fingerprint density at radius 1 is 1.13 bits per heavy atom. The smallest absolute Gasteiger partial charge is 0.435 e. The highest BCUT2D eigenvalue weighted by atomic mass is 16.6. The lowest BCUT2D eigenvalue weighted by atomic mass is 10.3. The molecule has 11 nitrogen and oxygen atoms in total. The van der Waals surface area contributed by atoms with Crippen molar-refractivity contribution in [1.29, 1.82) is 0 Å². The highest BCUT2D eigenvalue weighted by molar-refractivity contribution is 5.67. The van der Waals surface area contributed by atoms with E-state index >= 15 is 0 Å². The van der Waals surface area contributed by atoms with Crippen molar-refractivity contribution in [3.05, 3.63) is 21.5 Å². The number of nitrogens with zero attached hydrogens (tertiary/aromatic N) is 5. The van der Waals surface area contributed by atoms with E-state index < -0.39 is 23.1 Å². The Kier molecular flexibility index (Phi) is 5.87. The number of imidazole rings is 1. The summed E-state index contributed by atoms with van der Waals surface area (Å²) in [6.07, 6.45) is -1.22. The number of amides is 2. The Hall–Kier alpha value is -2.85. The molecule has 0 atom stereocenters. The summed E-state index contributed by atoms with van der Waals surface area (Å²) >= 11 is 0. The average molecular weight is 329 g/mol. The maximum atomic E-state index is 11.5. The SMILES string of the molecule is CN(C)C(=O)OCc1nc([N+](=O)[O-])n(C)c1COC(=O)N(C)C. The number of hydrogen-bond acceptors (Lipinski definition) is 7. The van der Waals surface area contributed by atoms with E-state index in [-0.39, 0.29) is 24.6 Å². The zero-order chi connectivity index (χ0) is 17.7. The van der Waals surface area contributed by atoms with E-state index in [2.05, 4.69) is 4.98 Å². The molecule has 1 aromatic rings. The zero-order valence-electron chi connectivity index (χ0n) is 13.6. The molecule has 0 radical (unpaired) electrons.